The molecule has 0 radical (unpaired) electrons. The van der Waals surface area contributed by atoms with Gasteiger partial charge in [-0.15, -0.1) is 13.1 Å². The second-order valence-electron chi connectivity index (χ2n) is 2.06. The molecule has 3 nitrogen and oxygen atoms in total. The standard InChI is InChI=1S/C5H12N3.K/c6-8-4-1-2-7-3-5-8;/h1-6H2;/q-1;+1. The van der Waals surface area contributed by atoms with Crippen molar-refractivity contribution < 1.29 is 51.4 Å². The van der Waals surface area contributed by atoms with Gasteiger partial charge in [-0.25, -0.2) is 5.01 Å². The Labute approximate surface area is 98.7 Å². The van der Waals surface area contributed by atoms with Gasteiger partial charge in [-0.1, -0.05) is 6.42 Å². The van der Waals surface area contributed by atoms with Crippen molar-refractivity contribution in [1.29, 1.82) is 0 Å². The average Bonchev–Trinajstić information content (AvgIpc) is 1.94. The third-order valence-electron chi connectivity index (χ3n) is 1.31. The zero-order valence-corrected chi connectivity index (χ0v) is 9.13. The van der Waals surface area contributed by atoms with Crippen LogP contribution in [0.1, 0.15) is 6.42 Å². The molecular formula is C5H12KN3. The Hall–Kier alpha value is 1.52. The summed E-state index contributed by atoms with van der Waals surface area (Å²) in [5.41, 5.74) is 0. The molecule has 0 amide bonds. The molecule has 4 heteroatoms. The summed E-state index contributed by atoms with van der Waals surface area (Å²) >= 11 is 0. The van der Waals surface area contributed by atoms with E-state index in [0.29, 0.717) is 0 Å². The summed E-state index contributed by atoms with van der Waals surface area (Å²) in [6.45, 7) is 3.84. The van der Waals surface area contributed by atoms with Crippen LogP contribution >= 0.6 is 0 Å². The van der Waals surface area contributed by atoms with E-state index in [1.54, 1.807) is 0 Å². The van der Waals surface area contributed by atoms with E-state index in [2.05, 4.69) is 5.32 Å². The molecule has 0 spiro atoms. The second kappa shape index (κ2) is 6.24. The molecule has 0 aliphatic carbocycles. The van der Waals surface area contributed by atoms with Gasteiger partial charge in [0.2, 0.25) is 0 Å². The minimum atomic E-state index is 0. The van der Waals surface area contributed by atoms with Crippen LogP contribution < -0.4 is 57.2 Å². The first-order valence-corrected chi connectivity index (χ1v) is 3.02. The molecule has 1 heterocycles. The molecule has 0 saturated carbocycles. The van der Waals surface area contributed by atoms with Gasteiger partial charge >= 0.3 is 51.4 Å². The number of hydrogen-bond acceptors (Lipinski definition) is 2. The van der Waals surface area contributed by atoms with E-state index >= 15 is 0 Å². The van der Waals surface area contributed by atoms with E-state index < -0.39 is 0 Å². The van der Waals surface area contributed by atoms with Crippen LogP contribution in [0.25, 0.3) is 5.32 Å². The van der Waals surface area contributed by atoms with Gasteiger partial charge in [0, 0.05) is 6.54 Å². The van der Waals surface area contributed by atoms with Gasteiger partial charge < -0.3 is 5.32 Å². The van der Waals surface area contributed by atoms with Crippen molar-refractivity contribution in [2.24, 2.45) is 5.84 Å². The van der Waals surface area contributed by atoms with Gasteiger partial charge in [0.1, 0.15) is 0 Å². The smallest absolute Gasteiger partial charge is 0.661 e. The monoisotopic (exact) mass is 153 g/mol. The maximum atomic E-state index is 5.51. The van der Waals surface area contributed by atoms with Crippen molar-refractivity contribution in [3.8, 4) is 0 Å². The number of nitrogens with two attached hydrogens (primary N) is 1. The van der Waals surface area contributed by atoms with Crippen molar-refractivity contribution in [2.45, 2.75) is 6.42 Å². The molecule has 1 aliphatic heterocycles. The molecule has 1 rings (SSSR count). The van der Waals surface area contributed by atoms with E-state index in [4.69, 9.17) is 5.84 Å². The van der Waals surface area contributed by atoms with E-state index in [-0.39, 0.29) is 51.4 Å². The summed E-state index contributed by atoms with van der Waals surface area (Å²) in [5.74, 6) is 5.51. The van der Waals surface area contributed by atoms with E-state index in [0.717, 1.165) is 32.6 Å². The third-order valence-corrected chi connectivity index (χ3v) is 1.31. The molecule has 1 saturated heterocycles. The molecule has 0 unspecified atom stereocenters. The first kappa shape index (κ1) is 10.5. The molecule has 1 fully saturated rings. The molecule has 0 bridgehead atoms. The van der Waals surface area contributed by atoms with Gasteiger partial charge in [0.25, 0.3) is 0 Å². The Bertz CT molecular complexity index is 61.2. The fourth-order valence-electron chi connectivity index (χ4n) is 0.808. The quantitative estimate of drug-likeness (QED) is 0.297. The van der Waals surface area contributed by atoms with Crippen LogP contribution in [-0.4, -0.2) is 31.2 Å². The van der Waals surface area contributed by atoms with Crippen molar-refractivity contribution in [3.63, 3.8) is 0 Å². The predicted octanol–water partition coefficient (Wildman–Crippen LogP) is -3.06. The van der Waals surface area contributed by atoms with Crippen molar-refractivity contribution in [3.05, 3.63) is 5.32 Å². The van der Waals surface area contributed by atoms with Crippen LogP contribution in [0, 0.1) is 0 Å². The summed E-state index contributed by atoms with van der Waals surface area (Å²) < 4.78 is 0. The molecule has 48 valence electrons. The summed E-state index contributed by atoms with van der Waals surface area (Å²) in [5, 5.41) is 6.03. The first-order valence-electron chi connectivity index (χ1n) is 3.02. The van der Waals surface area contributed by atoms with Crippen LogP contribution in [0.5, 0.6) is 0 Å². The van der Waals surface area contributed by atoms with Gasteiger partial charge in [0.05, 0.1) is 0 Å². The molecule has 0 atom stereocenters. The summed E-state index contributed by atoms with van der Waals surface area (Å²) in [4.78, 5) is 0. The number of nitrogens with zero attached hydrogens (tertiary/aromatic N) is 2. The van der Waals surface area contributed by atoms with Gasteiger partial charge in [-0.05, 0) is 6.54 Å². The van der Waals surface area contributed by atoms with Gasteiger partial charge in [-0.2, -0.15) is 0 Å². The number of hydrogen-bond donors (Lipinski definition) is 1. The second-order valence-corrected chi connectivity index (χ2v) is 2.06. The Morgan fingerprint density at radius 2 is 2.00 bits per heavy atom. The third kappa shape index (κ3) is 4.86. The van der Waals surface area contributed by atoms with Crippen molar-refractivity contribution in [1.82, 2.24) is 5.01 Å². The Balaban J connectivity index is 0.000000640. The first-order chi connectivity index (χ1) is 3.89. The zero-order valence-electron chi connectivity index (χ0n) is 6.01. The van der Waals surface area contributed by atoms with Crippen LogP contribution in [0.4, 0.5) is 0 Å². The van der Waals surface area contributed by atoms with Crippen LogP contribution in [0.2, 0.25) is 0 Å². The molecule has 0 aromatic carbocycles. The number of rotatable bonds is 0. The zero-order chi connectivity index (χ0) is 5.82. The van der Waals surface area contributed by atoms with Crippen LogP contribution in [-0.2, 0) is 0 Å². The maximum Gasteiger partial charge on any atom is 1.00 e. The van der Waals surface area contributed by atoms with E-state index in [1.165, 1.54) is 0 Å². The SMILES string of the molecule is NN1CCC[N-]CC1.[K+]. The van der Waals surface area contributed by atoms with Crippen molar-refractivity contribution in [2.75, 3.05) is 26.2 Å². The van der Waals surface area contributed by atoms with E-state index in [9.17, 15) is 0 Å². The van der Waals surface area contributed by atoms with Crippen LogP contribution in [0.3, 0.4) is 0 Å². The minimum Gasteiger partial charge on any atom is -0.661 e. The molecule has 1 aliphatic rings. The summed E-state index contributed by atoms with van der Waals surface area (Å²) in [7, 11) is 0. The summed E-state index contributed by atoms with van der Waals surface area (Å²) in [6, 6.07) is 0. The molecule has 0 aromatic heterocycles. The fraction of sp³-hybridized carbons (Fsp3) is 1.00. The Morgan fingerprint density at radius 1 is 1.22 bits per heavy atom. The topological polar surface area (TPSA) is 43.4 Å². The molecular weight excluding hydrogens is 141 g/mol. The van der Waals surface area contributed by atoms with Gasteiger partial charge in [0.15, 0.2) is 0 Å². The maximum absolute atomic E-state index is 5.51. The average molecular weight is 153 g/mol. The fourth-order valence-corrected chi connectivity index (χ4v) is 0.808. The minimum absolute atomic E-state index is 0. The normalized spacial score (nSPS) is 22.3. The Kier molecular flexibility index (Phi) is 7.29. The largest absolute Gasteiger partial charge is 1.00 e. The van der Waals surface area contributed by atoms with Crippen molar-refractivity contribution >= 4 is 0 Å². The molecule has 2 N–H and O–H groups in total. The molecule has 9 heavy (non-hydrogen) atoms. The van der Waals surface area contributed by atoms with E-state index in [1.807, 2.05) is 5.01 Å². The number of hydrazine groups is 1. The predicted molar refractivity (Wildman–Crippen MR) is 33.5 cm³/mol. The van der Waals surface area contributed by atoms with Crippen LogP contribution in [0.15, 0.2) is 0 Å². The summed E-state index contributed by atoms with van der Waals surface area (Å²) in [6.07, 6.45) is 1.12. The molecule has 0 aromatic rings. The Morgan fingerprint density at radius 3 is 2.78 bits per heavy atom. The van der Waals surface area contributed by atoms with Gasteiger partial charge in [-0.3, -0.25) is 5.84 Å².